The molecule has 176 valence electrons. The normalized spacial score (nSPS) is 20.0. The Kier molecular flexibility index (Phi) is 5.80. The number of benzene rings is 2. The van der Waals surface area contributed by atoms with Crippen molar-refractivity contribution in [1.29, 1.82) is 0 Å². The molecule has 1 N–H and O–H groups in total. The molecule has 5 rings (SSSR count). The van der Waals surface area contributed by atoms with Crippen LogP contribution in [0.25, 0.3) is 21.6 Å². The highest BCUT2D eigenvalue weighted by Gasteiger charge is 2.34. The molecule has 1 saturated carbocycles. The van der Waals surface area contributed by atoms with Crippen LogP contribution in [0.2, 0.25) is 0 Å². The lowest BCUT2D eigenvalue weighted by Crippen LogP contribution is -2.30. The summed E-state index contributed by atoms with van der Waals surface area (Å²) in [5.41, 5.74) is 4.49. The van der Waals surface area contributed by atoms with E-state index >= 15 is 0 Å². The van der Waals surface area contributed by atoms with Crippen LogP contribution in [0.5, 0.6) is 0 Å². The third-order valence-electron chi connectivity index (χ3n) is 6.97. The fourth-order valence-corrected chi connectivity index (χ4v) is 6.81. The van der Waals surface area contributed by atoms with Gasteiger partial charge in [0.05, 0.1) is 22.3 Å². The molecule has 2 aromatic heterocycles. The predicted octanol–water partition coefficient (Wildman–Crippen LogP) is 7.14. The first kappa shape index (κ1) is 22.8. The van der Waals surface area contributed by atoms with Crippen molar-refractivity contribution in [1.82, 2.24) is 14.5 Å². The van der Waals surface area contributed by atoms with Gasteiger partial charge in [0.15, 0.2) is 0 Å². The first-order valence-corrected chi connectivity index (χ1v) is 12.8. The number of aromatic carboxylic acids is 1. The fourth-order valence-electron chi connectivity index (χ4n) is 5.75. The van der Waals surface area contributed by atoms with Crippen LogP contribution in [0.1, 0.15) is 72.8 Å². The number of rotatable bonds is 5. The largest absolute Gasteiger partial charge is 0.478 e. The highest BCUT2D eigenvalue weighted by Crippen LogP contribution is 2.45. The minimum absolute atomic E-state index is 0.262. The second-order valence-electron chi connectivity index (χ2n) is 10.5. The van der Waals surface area contributed by atoms with E-state index in [-0.39, 0.29) is 11.0 Å². The third kappa shape index (κ3) is 4.39. The van der Waals surface area contributed by atoms with Crippen molar-refractivity contribution in [2.75, 3.05) is 0 Å². The minimum atomic E-state index is -0.920. The molecular weight excluding hydrogens is 442 g/mol. The van der Waals surface area contributed by atoms with Gasteiger partial charge < -0.3 is 9.67 Å². The maximum absolute atomic E-state index is 11.6. The molecule has 1 aliphatic rings. The summed E-state index contributed by atoms with van der Waals surface area (Å²) in [7, 11) is 0. The zero-order valence-electron chi connectivity index (χ0n) is 20.2. The van der Waals surface area contributed by atoms with Crippen molar-refractivity contribution in [2.45, 2.75) is 59.4 Å². The first-order valence-electron chi connectivity index (χ1n) is 12.0. The molecule has 34 heavy (non-hydrogen) atoms. The van der Waals surface area contributed by atoms with E-state index in [1.54, 1.807) is 23.5 Å². The number of fused-ring (bicyclic) bond motifs is 1. The van der Waals surface area contributed by atoms with E-state index < -0.39 is 5.97 Å². The monoisotopic (exact) mass is 473 g/mol. The smallest absolute Gasteiger partial charge is 0.335 e. The lowest BCUT2D eigenvalue weighted by Gasteiger charge is -2.40. The van der Waals surface area contributed by atoms with Crippen molar-refractivity contribution in [3.63, 3.8) is 0 Å². The molecule has 0 aliphatic heterocycles. The summed E-state index contributed by atoms with van der Waals surface area (Å²) in [6.07, 6.45) is 4.12. The van der Waals surface area contributed by atoms with Gasteiger partial charge in [0.1, 0.15) is 10.8 Å². The minimum Gasteiger partial charge on any atom is -0.478 e. The molecule has 1 aliphatic carbocycles. The molecule has 4 aromatic rings. The Bertz CT molecular complexity index is 1350. The average molecular weight is 474 g/mol. The third-order valence-corrected chi connectivity index (χ3v) is 8.18. The van der Waals surface area contributed by atoms with E-state index in [2.05, 4.69) is 44.4 Å². The Hall–Kier alpha value is -2.99. The van der Waals surface area contributed by atoms with Crippen molar-refractivity contribution in [3.8, 4) is 10.6 Å². The first-order chi connectivity index (χ1) is 16.2. The number of carboxylic acid groups (broad SMARTS) is 1. The Labute approximate surface area is 204 Å². The number of nitrogens with zero attached hydrogens (tertiary/aromatic N) is 3. The molecule has 1 fully saturated rings. The van der Waals surface area contributed by atoms with Crippen LogP contribution < -0.4 is 0 Å². The number of aromatic nitrogens is 3. The van der Waals surface area contributed by atoms with Gasteiger partial charge in [-0.25, -0.2) is 14.8 Å². The van der Waals surface area contributed by atoms with Gasteiger partial charge >= 0.3 is 5.97 Å². The van der Waals surface area contributed by atoms with Crippen LogP contribution in [0.3, 0.4) is 0 Å². The van der Waals surface area contributed by atoms with Gasteiger partial charge in [0.2, 0.25) is 0 Å². The van der Waals surface area contributed by atoms with Crippen LogP contribution >= 0.6 is 11.3 Å². The number of aryl methyl sites for hydroxylation is 1. The maximum Gasteiger partial charge on any atom is 0.335 e. The van der Waals surface area contributed by atoms with E-state index in [4.69, 9.17) is 9.97 Å². The fraction of sp³-hybridized carbons (Fsp3) is 0.393. The Morgan fingerprint density at radius 1 is 1.15 bits per heavy atom. The molecule has 1 unspecified atom stereocenters. The molecule has 0 amide bonds. The highest BCUT2D eigenvalue weighted by molar-refractivity contribution is 7.15. The van der Waals surface area contributed by atoms with E-state index in [1.165, 1.54) is 11.3 Å². The molecular formula is C28H31N3O2S. The van der Waals surface area contributed by atoms with Gasteiger partial charge in [-0.3, -0.25) is 0 Å². The van der Waals surface area contributed by atoms with Gasteiger partial charge in [0, 0.05) is 22.9 Å². The summed E-state index contributed by atoms with van der Waals surface area (Å²) in [5.74, 6) is 0.710. The van der Waals surface area contributed by atoms with Gasteiger partial charge in [-0.1, -0.05) is 51.1 Å². The Balaban J connectivity index is 1.59. The van der Waals surface area contributed by atoms with Gasteiger partial charge in [-0.05, 0) is 55.7 Å². The van der Waals surface area contributed by atoms with Crippen molar-refractivity contribution in [2.24, 2.45) is 11.3 Å². The second-order valence-corrected chi connectivity index (χ2v) is 11.6. The van der Waals surface area contributed by atoms with Crippen molar-refractivity contribution < 1.29 is 9.90 Å². The number of carbonyl (C=O) groups is 1. The SMILES string of the molecule is Cc1nc(-c2ccccc2)sc1Cc1nc2cc(C(=O)O)ccc2n1[C@@H]1CC(C)CC(C)(C)C1. The zero-order chi connectivity index (χ0) is 24.0. The summed E-state index contributed by atoms with van der Waals surface area (Å²) < 4.78 is 2.40. The molecule has 2 aromatic carbocycles. The molecule has 0 radical (unpaired) electrons. The van der Waals surface area contributed by atoms with Crippen LogP contribution in [-0.4, -0.2) is 25.6 Å². The summed E-state index contributed by atoms with van der Waals surface area (Å²) in [5, 5.41) is 10.5. The number of hydrogen-bond acceptors (Lipinski definition) is 4. The molecule has 5 nitrogen and oxygen atoms in total. The van der Waals surface area contributed by atoms with Gasteiger partial charge in [-0.15, -0.1) is 11.3 Å². The lowest BCUT2D eigenvalue weighted by atomic mass is 9.70. The summed E-state index contributed by atoms with van der Waals surface area (Å²) in [6, 6.07) is 16.0. The lowest BCUT2D eigenvalue weighted by molar-refractivity contribution is 0.0697. The maximum atomic E-state index is 11.6. The quantitative estimate of drug-likeness (QED) is 0.334. The van der Waals surface area contributed by atoms with E-state index in [0.29, 0.717) is 18.4 Å². The van der Waals surface area contributed by atoms with Crippen LogP contribution in [0.15, 0.2) is 48.5 Å². The molecule has 2 heterocycles. The Morgan fingerprint density at radius 2 is 1.91 bits per heavy atom. The van der Waals surface area contributed by atoms with Gasteiger partial charge in [0.25, 0.3) is 0 Å². The van der Waals surface area contributed by atoms with Gasteiger partial charge in [-0.2, -0.15) is 0 Å². The number of hydrogen-bond donors (Lipinski definition) is 1. The summed E-state index contributed by atoms with van der Waals surface area (Å²) in [6.45, 7) is 9.13. The number of thiazole rings is 1. The molecule has 0 spiro atoms. The Morgan fingerprint density at radius 3 is 2.62 bits per heavy atom. The van der Waals surface area contributed by atoms with E-state index in [9.17, 15) is 9.90 Å². The molecule has 2 atom stereocenters. The zero-order valence-corrected chi connectivity index (χ0v) is 21.0. The van der Waals surface area contributed by atoms with Crippen LogP contribution in [0, 0.1) is 18.3 Å². The van der Waals surface area contributed by atoms with Crippen molar-refractivity contribution in [3.05, 3.63) is 70.5 Å². The predicted molar refractivity (Wildman–Crippen MR) is 138 cm³/mol. The molecule has 6 heteroatoms. The summed E-state index contributed by atoms with van der Waals surface area (Å²) in [4.78, 5) is 22.7. The standard InChI is InChI=1S/C28H31N3O2S/c1-17-12-21(16-28(3,4)15-17)31-23-11-10-20(27(32)33)13-22(23)30-25(31)14-24-18(2)29-26(34-24)19-8-6-5-7-9-19/h5-11,13,17,21H,12,14-16H2,1-4H3,(H,32,33)/t17?,21-/m1/s1. The molecule has 0 saturated heterocycles. The summed E-state index contributed by atoms with van der Waals surface area (Å²) >= 11 is 1.72. The topological polar surface area (TPSA) is 68.0 Å². The van der Waals surface area contributed by atoms with E-state index in [0.717, 1.165) is 46.0 Å². The second kappa shape index (κ2) is 8.66. The van der Waals surface area contributed by atoms with Crippen LogP contribution in [0.4, 0.5) is 0 Å². The average Bonchev–Trinajstić information content (AvgIpc) is 3.32. The molecule has 0 bridgehead atoms. The van der Waals surface area contributed by atoms with Crippen LogP contribution in [-0.2, 0) is 6.42 Å². The van der Waals surface area contributed by atoms with E-state index in [1.807, 2.05) is 24.3 Å². The highest BCUT2D eigenvalue weighted by atomic mass is 32.1. The van der Waals surface area contributed by atoms with Crippen molar-refractivity contribution >= 4 is 28.3 Å². The number of carboxylic acids is 1. The number of imidazole rings is 1.